The average molecular weight is 275 g/mol. The zero-order valence-corrected chi connectivity index (χ0v) is 10.0. The number of amidine groups is 1. The second-order valence-electron chi connectivity index (χ2n) is 4.56. The third kappa shape index (κ3) is 1.77. The van der Waals surface area contributed by atoms with Gasteiger partial charge in [0.15, 0.2) is 0 Å². The lowest BCUT2D eigenvalue weighted by Gasteiger charge is -2.38. The molecule has 2 nitrogen and oxygen atoms in total. The number of nitrogens with zero attached hydrogens (tertiary/aromatic N) is 2. The molecule has 0 saturated carbocycles. The Balaban J connectivity index is 2.03. The highest BCUT2D eigenvalue weighted by Gasteiger charge is 2.40. The number of halogens is 4. The van der Waals surface area contributed by atoms with Crippen LogP contribution in [0, 0.1) is 5.92 Å². The molecular formula is C12H10ClF3N2. The molecule has 0 bridgehead atoms. The maximum Gasteiger partial charge on any atom is 0.417 e. The molecule has 0 N–H and O–H groups in total. The Kier molecular flexibility index (Phi) is 2.55. The second-order valence-corrected chi connectivity index (χ2v) is 4.97. The van der Waals surface area contributed by atoms with Gasteiger partial charge in [-0.1, -0.05) is 23.8 Å². The number of hydrogen-bond donors (Lipinski definition) is 0. The molecule has 0 radical (unpaired) electrons. The normalized spacial score (nSPS) is 30.4. The molecule has 0 saturated heterocycles. The second kappa shape index (κ2) is 3.88. The van der Waals surface area contributed by atoms with Crippen LogP contribution in [0.5, 0.6) is 0 Å². The van der Waals surface area contributed by atoms with Gasteiger partial charge in [-0.05, 0) is 12.5 Å². The maximum atomic E-state index is 12.8. The molecule has 0 aromatic rings. The molecule has 0 aromatic carbocycles. The molecule has 0 aromatic heterocycles. The highest BCUT2D eigenvalue weighted by Crippen LogP contribution is 2.37. The molecule has 6 heteroatoms. The van der Waals surface area contributed by atoms with Crippen molar-refractivity contribution in [1.82, 2.24) is 4.90 Å². The number of allylic oxidation sites excluding steroid dienone is 3. The van der Waals surface area contributed by atoms with Crippen LogP contribution in [0.15, 0.2) is 40.0 Å². The summed E-state index contributed by atoms with van der Waals surface area (Å²) in [5.41, 5.74) is -0.729. The predicted octanol–water partition coefficient (Wildman–Crippen LogP) is 3.23. The monoisotopic (exact) mass is 274 g/mol. The minimum Gasteiger partial charge on any atom is -0.324 e. The third-order valence-corrected chi connectivity index (χ3v) is 3.68. The van der Waals surface area contributed by atoms with Crippen molar-refractivity contribution in [2.75, 3.05) is 6.54 Å². The predicted molar refractivity (Wildman–Crippen MR) is 63.3 cm³/mol. The molecule has 0 spiro atoms. The van der Waals surface area contributed by atoms with Gasteiger partial charge in [0.2, 0.25) is 0 Å². The van der Waals surface area contributed by atoms with Gasteiger partial charge < -0.3 is 4.90 Å². The fourth-order valence-electron chi connectivity index (χ4n) is 2.51. The van der Waals surface area contributed by atoms with Crippen LogP contribution in [-0.4, -0.2) is 29.5 Å². The summed E-state index contributed by atoms with van der Waals surface area (Å²) in [4.78, 5) is 5.83. The first kappa shape index (κ1) is 11.8. The third-order valence-electron chi connectivity index (χ3n) is 3.40. The molecule has 18 heavy (non-hydrogen) atoms. The van der Waals surface area contributed by atoms with Crippen LogP contribution < -0.4 is 0 Å². The molecule has 2 aliphatic heterocycles. The Hall–Kier alpha value is -1.23. The lowest BCUT2D eigenvalue weighted by Crippen LogP contribution is -2.45. The molecule has 1 aliphatic carbocycles. The van der Waals surface area contributed by atoms with Crippen molar-refractivity contribution >= 4 is 17.4 Å². The summed E-state index contributed by atoms with van der Waals surface area (Å²) in [6.07, 6.45) is 2.43. The lowest BCUT2D eigenvalue weighted by molar-refractivity contribution is -0.0893. The van der Waals surface area contributed by atoms with Gasteiger partial charge in [-0.2, -0.15) is 13.2 Å². The summed E-state index contributed by atoms with van der Waals surface area (Å²) in [7, 11) is 0. The van der Waals surface area contributed by atoms with E-state index in [0.29, 0.717) is 12.4 Å². The molecule has 2 atom stereocenters. The Labute approximate surface area is 107 Å². The van der Waals surface area contributed by atoms with E-state index in [-0.39, 0.29) is 17.0 Å². The summed E-state index contributed by atoms with van der Waals surface area (Å²) in [5, 5.41) is 0.0589. The zero-order chi connectivity index (χ0) is 12.9. The van der Waals surface area contributed by atoms with Crippen molar-refractivity contribution in [2.24, 2.45) is 10.9 Å². The summed E-state index contributed by atoms with van der Waals surface area (Å²) in [6, 6.07) is -0.0581. The fraction of sp³-hybridized carbons (Fsp3) is 0.417. The van der Waals surface area contributed by atoms with Gasteiger partial charge in [-0.15, -0.1) is 0 Å². The fourth-order valence-corrected chi connectivity index (χ4v) is 2.78. The largest absolute Gasteiger partial charge is 0.417 e. The Morgan fingerprint density at radius 1 is 1.39 bits per heavy atom. The maximum absolute atomic E-state index is 12.8. The molecule has 0 amide bonds. The van der Waals surface area contributed by atoms with Crippen molar-refractivity contribution in [3.05, 3.63) is 35.0 Å². The van der Waals surface area contributed by atoms with Crippen molar-refractivity contribution < 1.29 is 13.2 Å². The first-order chi connectivity index (χ1) is 8.47. The number of fused-ring (bicyclic) bond motifs is 3. The summed E-state index contributed by atoms with van der Waals surface area (Å²) in [5.74, 6) is 0.694. The summed E-state index contributed by atoms with van der Waals surface area (Å²) < 4.78 is 38.3. The van der Waals surface area contributed by atoms with Crippen LogP contribution in [0.3, 0.4) is 0 Å². The van der Waals surface area contributed by atoms with E-state index in [9.17, 15) is 13.2 Å². The number of rotatable bonds is 0. The zero-order valence-electron chi connectivity index (χ0n) is 9.28. The van der Waals surface area contributed by atoms with Crippen molar-refractivity contribution in [3.8, 4) is 0 Å². The minimum absolute atomic E-state index is 0.0581. The highest BCUT2D eigenvalue weighted by atomic mass is 35.5. The Morgan fingerprint density at radius 2 is 2.17 bits per heavy atom. The van der Waals surface area contributed by atoms with Gasteiger partial charge in [0, 0.05) is 18.7 Å². The molecule has 0 unspecified atom stereocenters. The molecule has 0 fully saturated rings. The molecule has 2 heterocycles. The van der Waals surface area contributed by atoms with E-state index in [1.165, 1.54) is 0 Å². The van der Waals surface area contributed by atoms with Gasteiger partial charge in [0.05, 0.1) is 16.6 Å². The minimum atomic E-state index is -4.39. The lowest BCUT2D eigenvalue weighted by atomic mass is 9.98. The average Bonchev–Trinajstić information content (AvgIpc) is 2.75. The SMILES string of the molecule is FC(F)(F)C1=CN2C(=NC[C@@H]3CC=C[C@@H]32)C(Cl)=C1. The van der Waals surface area contributed by atoms with Gasteiger partial charge >= 0.3 is 6.18 Å². The summed E-state index contributed by atoms with van der Waals surface area (Å²) >= 11 is 5.91. The van der Waals surface area contributed by atoms with E-state index in [4.69, 9.17) is 11.6 Å². The molecule has 3 rings (SSSR count). The van der Waals surface area contributed by atoms with E-state index < -0.39 is 11.7 Å². The quantitative estimate of drug-likeness (QED) is 0.619. The smallest absolute Gasteiger partial charge is 0.324 e. The van der Waals surface area contributed by atoms with Crippen LogP contribution in [0.2, 0.25) is 0 Å². The molecular weight excluding hydrogens is 265 g/mol. The Bertz CT molecular complexity index is 502. The van der Waals surface area contributed by atoms with E-state index in [0.717, 1.165) is 18.7 Å². The van der Waals surface area contributed by atoms with Gasteiger partial charge in [0.25, 0.3) is 0 Å². The van der Waals surface area contributed by atoms with E-state index >= 15 is 0 Å². The van der Waals surface area contributed by atoms with Crippen LogP contribution in [-0.2, 0) is 0 Å². The van der Waals surface area contributed by atoms with Crippen LogP contribution in [0.1, 0.15) is 6.42 Å². The molecule has 3 aliphatic rings. The first-order valence-electron chi connectivity index (χ1n) is 5.63. The summed E-state index contributed by atoms with van der Waals surface area (Å²) in [6.45, 7) is 0.614. The van der Waals surface area contributed by atoms with E-state index in [2.05, 4.69) is 4.99 Å². The molecule has 96 valence electrons. The highest BCUT2D eigenvalue weighted by molar-refractivity contribution is 6.43. The number of alkyl halides is 3. The topological polar surface area (TPSA) is 15.6 Å². The van der Waals surface area contributed by atoms with E-state index in [1.54, 1.807) is 4.90 Å². The van der Waals surface area contributed by atoms with Gasteiger partial charge in [-0.3, -0.25) is 4.99 Å². The van der Waals surface area contributed by atoms with Crippen molar-refractivity contribution in [2.45, 2.75) is 18.6 Å². The van der Waals surface area contributed by atoms with Crippen LogP contribution in [0.4, 0.5) is 13.2 Å². The van der Waals surface area contributed by atoms with Gasteiger partial charge in [0.1, 0.15) is 5.84 Å². The Morgan fingerprint density at radius 3 is 2.89 bits per heavy atom. The number of hydrogen-bond acceptors (Lipinski definition) is 2. The first-order valence-corrected chi connectivity index (χ1v) is 6.00. The van der Waals surface area contributed by atoms with Crippen LogP contribution in [0.25, 0.3) is 0 Å². The van der Waals surface area contributed by atoms with Crippen molar-refractivity contribution in [1.29, 1.82) is 0 Å². The standard InChI is InChI=1S/C12H10ClF3N2/c13-9-4-8(12(14,15)16)6-18-10-3-1-2-7(10)5-17-11(9)18/h1,3-4,6-7,10H,2,5H2/t7-,10-/m0/s1. The van der Waals surface area contributed by atoms with Crippen LogP contribution >= 0.6 is 11.6 Å². The van der Waals surface area contributed by atoms with Crippen molar-refractivity contribution in [3.63, 3.8) is 0 Å². The van der Waals surface area contributed by atoms with Gasteiger partial charge in [-0.25, -0.2) is 0 Å². The number of aliphatic imine (C=N–C) groups is 1. The van der Waals surface area contributed by atoms with E-state index in [1.807, 2.05) is 12.2 Å².